The Bertz CT molecular complexity index is 1400. The SMILES string of the molecule is Cn1c(=O)ccn([C@@H]2O[C@@]3(CI)C[C@]3(OC(=O)c3ccccc3)[C@H]2OC(=O)c2ccccc2)c1=O. The highest BCUT2D eigenvalue weighted by Crippen LogP contribution is 2.66. The van der Waals surface area contributed by atoms with Crippen molar-refractivity contribution in [3.05, 3.63) is 105 Å². The fraction of sp³-hybridized carbons (Fsp3) is 0.280. The van der Waals surface area contributed by atoms with Gasteiger partial charge < -0.3 is 14.2 Å². The molecule has 0 bridgehead atoms. The van der Waals surface area contributed by atoms with Gasteiger partial charge >= 0.3 is 17.6 Å². The Kier molecular flexibility index (Phi) is 5.88. The number of nitrogens with zero attached hydrogens (tertiary/aromatic N) is 2. The molecule has 0 amide bonds. The fourth-order valence-electron chi connectivity index (χ4n) is 4.48. The maximum absolute atomic E-state index is 13.1. The van der Waals surface area contributed by atoms with Gasteiger partial charge in [0.25, 0.3) is 5.56 Å². The van der Waals surface area contributed by atoms with Crippen LogP contribution in [0.5, 0.6) is 0 Å². The van der Waals surface area contributed by atoms with Crippen LogP contribution in [0.15, 0.2) is 82.5 Å². The van der Waals surface area contributed by atoms with Gasteiger partial charge in [-0.2, -0.15) is 0 Å². The van der Waals surface area contributed by atoms with Gasteiger partial charge in [-0.3, -0.25) is 13.9 Å². The van der Waals surface area contributed by atoms with Gasteiger partial charge in [-0.25, -0.2) is 14.4 Å². The highest BCUT2D eigenvalue weighted by Gasteiger charge is 2.84. The summed E-state index contributed by atoms with van der Waals surface area (Å²) >= 11 is 2.13. The van der Waals surface area contributed by atoms with Crippen molar-refractivity contribution in [2.24, 2.45) is 7.05 Å². The lowest BCUT2D eigenvalue weighted by atomic mass is 10.1. The van der Waals surface area contributed by atoms with Gasteiger partial charge in [-0.05, 0) is 24.3 Å². The fourth-order valence-corrected chi connectivity index (χ4v) is 5.57. The summed E-state index contributed by atoms with van der Waals surface area (Å²) in [7, 11) is 1.35. The third-order valence-corrected chi connectivity index (χ3v) is 7.73. The molecule has 1 saturated carbocycles. The average molecular weight is 588 g/mol. The minimum absolute atomic E-state index is 0.297. The quantitative estimate of drug-likeness (QED) is 0.248. The van der Waals surface area contributed by atoms with Crippen molar-refractivity contribution in [2.75, 3.05) is 4.43 Å². The monoisotopic (exact) mass is 588 g/mol. The Morgan fingerprint density at radius 3 is 2.20 bits per heavy atom. The molecular formula is C25H21IN2O7. The second kappa shape index (κ2) is 8.76. The molecule has 3 aromatic rings. The summed E-state index contributed by atoms with van der Waals surface area (Å²) in [6.07, 6.45) is -0.635. The van der Waals surface area contributed by atoms with Gasteiger partial charge in [0.2, 0.25) is 0 Å². The Hall–Kier alpha value is -3.25. The molecule has 4 atom stereocenters. The largest absolute Gasteiger partial charge is 0.449 e. The van der Waals surface area contributed by atoms with Crippen LogP contribution in [0.4, 0.5) is 0 Å². The topological polar surface area (TPSA) is 106 Å². The molecule has 35 heavy (non-hydrogen) atoms. The van der Waals surface area contributed by atoms with Gasteiger partial charge in [0.15, 0.2) is 17.9 Å². The van der Waals surface area contributed by atoms with Gasteiger partial charge in [0.1, 0.15) is 5.60 Å². The van der Waals surface area contributed by atoms with E-state index in [1.807, 2.05) is 0 Å². The van der Waals surface area contributed by atoms with Gasteiger partial charge in [0, 0.05) is 30.2 Å². The zero-order chi connectivity index (χ0) is 24.8. The first-order valence-electron chi connectivity index (χ1n) is 10.9. The van der Waals surface area contributed by atoms with Gasteiger partial charge in [-0.15, -0.1) is 0 Å². The van der Waals surface area contributed by atoms with Crippen molar-refractivity contribution < 1.29 is 23.8 Å². The summed E-state index contributed by atoms with van der Waals surface area (Å²) in [6, 6.07) is 18.1. The minimum Gasteiger partial charge on any atom is -0.449 e. The number of rotatable bonds is 6. The van der Waals surface area contributed by atoms with Crippen molar-refractivity contribution in [3.8, 4) is 0 Å². The molecule has 9 nitrogen and oxygen atoms in total. The molecule has 2 heterocycles. The molecule has 1 aromatic heterocycles. The molecule has 10 heteroatoms. The van der Waals surface area contributed by atoms with E-state index in [2.05, 4.69) is 22.6 Å². The number of carbonyl (C=O) groups excluding carboxylic acids is 2. The summed E-state index contributed by atoms with van der Waals surface area (Å²) in [5.74, 6) is -1.23. The van der Waals surface area contributed by atoms with Crippen LogP contribution in [-0.2, 0) is 21.3 Å². The lowest BCUT2D eigenvalue weighted by Gasteiger charge is -2.28. The van der Waals surface area contributed by atoms with E-state index in [0.717, 1.165) is 4.57 Å². The van der Waals surface area contributed by atoms with E-state index in [1.165, 1.54) is 23.9 Å². The summed E-state index contributed by atoms with van der Waals surface area (Å²) in [4.78, 5) is 51.0. The summed E-state index contributed by atoms with van der Waals surface area (Å²) in [5, 5.41) is 0. The van der Waals surface area contributed by atoms with Crippen LogP contribution < -0.4 is 11.2 Å². The maximum Gasteiger partial charge on any atom is 0.338 e. The summed E-state index contributed by atoms with van der Waals surface area (Å²) in [6.45, 7) is 0. The highest BCUT2D eigenvalue weighted by molar-refractivity contribution is 14.1. The average Bonchev–Trinajstić information content (AvgIpc) is 3.45. The van der Waals surface area contributed by atoms with E-state index in [4.69, 9.17) is 14.2 Å². The molecule has 5 rings (SSSR count). The first kappa shape index (κ1) is 23.5. The second-order valence-corrected chi connectivity index (χ2v) is 9.32. The van der Waals surface area contributed by atoms with Gasteiger partial charge in [0.05, 0.1) is 11.1 Å². The molecule has 2 aliphatic rings. The first-order valence-corrected chi connectivity index (χ1v) is 12.4. The normalized spacial score (nSPS) is 26.6. The Labute approximate surface area is 213 Å². The maximum atomic E-state index is 13.1. The molecule has 0 radical (unpaired) electrons. The number of aromatic nitrogens is 2. The van der Waals surface area contributed by atoms with Crippen LogP contribution in [0.3, 0.4) is 0 Å². The molecule has 2 fully saturated rings. The lowest BCUT2D eigenvalue weighted by molar-refractivity contribution is -0.0899. The van der Waals surface area contributed by atoms with Crippen molar-refractivity contribution >= 4 is 34.5 Å². The Morgan fingerprint density at radius 1 is 1.00 bits per heavy atom. The zero-order valence-corrected chi connectivity index (χ0v) is 20.8. The summed E-state index contributed by atoms with van der Waals surface area (Å²) in [5.41, 5.74) is -2.75. The van der Waals surface area contributed by atoms with Crippen molar-refractivity contribution in [1.29, 1.82) is 0 Å². The van der Waals surface area contributed by atoms with E-state index in [-0.39, 0.29) is 0 Å². The molecule has 2 aromatic carbocycles. The molecule has 180 valence electrons. The number of hydrogen-bond acceptors (Lipinski definition) is 7. The number of carbonyl (C=O) groups is 2. The standard InChI is InChI=1S/C25H21IN2O7/c1-27-18(29)12-13-28(23(27)32)20-19(33-21(30)16-8-4-2-5-9-16)25(14-24(25,15-26)34-20)35-22(31)17-10-6-3-7-11-17/h2-13,19-20H,14-15H2,1H3/t19-,20+,24+,25-/m0/s1. The number of fused-ring (bicyclic) bond motifs is 1. The minimum atomic E-state index is -1.30. The summed E-state index contributed by atoms with van der Waals surface area (Å²) < 4.78 is 20.8. The zero-order valence-electron chi connectivity index (χ0n) is 18.6. The van der Waals surface area contributed by atoms with Gasteiger partial charge in [-0.1, -0.05) is 59.0 Å². The number of halogens is 1. The number of alkyl halides is 1. The smallest absolute Gasteiger partial charge is 0.338 e. The van der Waals surface area contributed by atoms with Crippen molar-refractivity contribution in [2.45, 2.75) is 30.0 Å². The van der Waals surface area contributed by atoms with Crippen LogP contribution in [0.25, 0.3) is 0 Å². The lowest BCUT2D eigenvalue weighted by Crippen LogP contribution is -2.46. The van der Waals surface area contributed by atoms with Crippen molar-refractivity contribution in [3.63, 3.8) is 0 Å². The molecule has 1 aliphatic heterocycles. The molecular weight excluding hydrogens is 567 g/mol. The Balaban J connectivity index is 1.57. The van der Waals surface area contributed by atoms with Crippen LogP contribution in [0, 0.1) is 0 Å². The highest BCUT2D eigenvalue weighted by atomic mass is 127. The first-order chi connectivity index (χ1) is 16.8. The number of esters is 2. The van der Waals surface area contributed by atoms with Crippen LogP contribution in [0.2, 0.25) is 0 Å². The molecule has 0 unspecified atom stereocenters. The molecule has 0 N–H and O–H groups in total. The molecule has 0 spiro atoms. The van der Waals surface area contributed by atoms with E-state index in [0.29, 0.717) is 22.0 Å². The Morgan fingerprint density at radius 2 is 1.60 bits per heavy atom. The predicted octanol–water partition coefficient (Wildman–Crippen LogP) is 2.47. The van der Waals surface area contributed by atoms with Crippen molar-refractivity contribution in [1.82, 2.24) is 9.13 Å². The molecule has 1 aliphatic carbocycles. The number of hydrogen-bond donors (Lipinski definition) is 0. The predicted molar refractivity (Wildman–Crippen MR) is 133 cm³/mol. The van der Waals surface area contributed by atoms with E-state index < -0.39 is 46.7 Å². The number of benzene rings is 2. The van der Waals surface area contributed by atoms with Crippen LogP contribution in [0.1, 0.15) is 33.4 Å². The van der Waals surface area contributed by atoms with Crippen LogP contribution >= 0.6 is 22.6 Å². The van der Waals surface area contributed by atoms with Crippen LogP contribution in [-0.4, -0.2) is 42.8 Å². The van der Waals surface area contributed by atoms with E-state index >= 15 is 0 Å². The molecule has 1 saturated heterocycles. The second-order valence-electron chi connectivity index (χ2n) is 8.55. The number of ether oxygens (including phenoxy) is 3. The van der Waals surface area contributed by atoms with E-state index in [1.54, 1.807) is 60.7 Å². The third kappa shape index (κ3) is 3.80. The third-order valence-electron chi connectivity index (χ3n) is 6.49. The van der Waals surface area contributed by atoms with E-state index in [9.17, 15) is 19.2 Å².